The minimum absolute atomic E-state index is 0.0560. The molecule has 186 valence electrons. The van der Waals surface area contributed by atoms with E-state index in [9.17, 15) is 9.59 Å². The van der Waals surface area contributed by atoms with E-state index in [-0.39, 0.29) is 29.5 Å². The van der Waals surface area contributed by atoms with Gasteiger partial charge in [0.05, 0.1) is 22.4 Å². The first-order valence-corrected chi connectivity index (χ1v) is 13.5. The Bertz CT molecular complexity index is 1210. The lowest BCUT2D eigenvalue weighted by molar-refractivity contribution is -0.113. The Morgan fingerprint density at radius 2 is 1.80 bits per heavy atom. The molecule has 3 rings (SSSR count). The zero-order valence-corrected chi connectivity index (χ0v) is 23.5. The Morgan fingerprint density at radius 1 is 1.14 bits per heavy atom. The number of nitrogens with zero attached hydrogens (tertiary/aromatic N) is 3. The van der Waals surface area contributed by atoms with Crippen LogP contribution in [0.3, 0.4) is 0 Å². The van der Waals surface area contributed by atoms with Crippen molar-refractivity contribution in [3.8, 4) is 0 Å². The Balaban J connectivity index is 1.74. The zero-order valence-electron chi connectivity index (χ0n) is 20.4. The van der Waals surface area contributed by atoms with E-state index in [1.165, 1.54) is 11.8 Å². The number of rotatable bonds is 9. The minimum Gasteiger partial charge on any atom is -0.342 e. The van der Waals surface area contributed by atoms with Gasteiger partial charge in [0.2, 0.25) is 5.91 Å². The number of anilines is 1. The number of aryl methyl sites for hydroxylation is 2. The van der Waals surface area contributed by atoms with Crippen LogP contribution in [0.4, 0.5) is 5.69 Å². The molecule has 3 aromatic rings. The van der Waals surface area contributed by atoms with E-state index in [1.54, 1.807) is 24.3 Å². The molecule has 0 unspecified atom stereocenters. The second kappa shape index (κ2) is 12.1. The van der Waals surface area contributed by atoms with Crippen LogP contribution in [0.1, 0.15) is 54.1 Å². The second-order valence-electron chi connectivity index (χ2n) is 8.51. The second-order valence-corrected chi connectivity index (χ2v) is 10.8. The van der Waals surface area contributed by atoms with E-state index in [0.29, 0.717) is 28.1 Å². The fourth-order valence-electron chi connectivity index (χ4n) is 3.74. The molecule has 1 aromatic heterocycles. The van der Waals surface area contributed by atoms with Gasteiger partial charge in [-0.05, 0) is 62.1 Å². The molecule has 0 aliphatic carbocycles. The molecule has 35 heavy (non-hydrogen) atoms. The smallest absolute Gasteiger partial charge is 0.253 e. The Morgan fingerprint density at radius 3 is 2.40 bits per heavy atom. The van der Waals surface area contributed by atoms with E-state index in [1.807, 2.05) is 51.3 Å². The van der Waals surface area contributed by atoms with Gasteiger partial charge in [-0.1, -0.05) is 65.3 Å². The number of amides is 2. The predicted molar refractivity (Wildman–Crippen MR) is 145 cm³/mol. The van der Waals surface area contributed by atoms with Gasteiger partial charge in [0.1, 0.15) is 0 Å². The number of aromatic nitrogens is 3. The van der Waals surface area contributed by atoms with Crippen molar-refractivity contribution in [2.24, 2.45) is 5.92 Å². The minimum atomic E-state index is -0.373. The lowest BCUT2D eigenvalue weighted by Crippen LogP contribution is -2.34. The summed E-state index contributed by atoms with van der Waals surface area (Å²) in [6.07, 6.45) is 0. The van der Waals surface area contributed by atoms with Crippen molar-refractivity contribution in [2.75, 3.05) is 11.1 Å². The SMILES string of the molecule is CCn1c(SCC(=O)Nc2c(C)cc(Br)cc2C)nnc1[C@H](NC(=O)c1ccccc1Cl)C(C)C. The number of halogens is 2. The molecule has 0 saturated carbocycles. The summed E-state index contributed by atoms with van der Waals surface area (Å²) in [5.41, 5.74) is 3.21. The van der Waals surface area contributed by atoms with Crippen LogP contribution >= 0.6 is 39.3 Å². The van der Waals surface area contributed by atoms with Crippen LogP contribution in [0.2, 0.25) is 5.02 Å². The summed E-state index contributed by atoms with van der Waals surface area (Å²) in [5.74, 6) is 0.494. The van der Waals surface area contributed by atoms with Crippen molar-refractivity contribution in [3.63, 3.8) is 0 Å². The molecule has 0 radical (unpaired) electrons. The van der Waals surface area contributed by atoms with E-state index in [0.717, 1.165) is 21.3 Å². The third-order valence-electron chi connectivity index (χ3n) is 5.51. The Kier molecular flexibility index (Phi) is 9.38. The van der Waals surface area contributed by atoms with Crippen molar-refractivity contribution >= 4 is 56.8 Å². The van der Waals surface area contributed by atoms with Crippen LogP contribution in [-0.2, 0) is 11.3 Å². The zero-order chi connectivity index (χ0) is 25.7. The molecule has 10 heteroatoms. The van der Waals surface area contributed by atoms with Crippen LogP contribution in [-0.4, -0.2) is 32.3 Å². The summed E-state index contributed by atoms with van der Waals surface area (Å²) in [6.45, 7) is 10.5. The molecule has 0 bridgehead atoms. The number of carbonyl (C=O) groups excluding carboxylic acids is 2. The van der Waals surface area contributed by atoms with Gasteiger partial charge < -0.3 is 15.2 Å². The van der Waals surface area contributed by atoms with Gasteiger partial charge in [0.15, 0.2) is 11.0 Å². The van der Waals surface area contributed by atoms with Crippen molar-refractivity contribution in [1.29, 1.82) is 0 Å². The van der Waals surface area contributed by atoms with Gasteiger partial charge >= 0.3 is 0 Å². The molecule has 1 heterocycles. The highest BCUT2D eigenvalue weighted by atomic mass is 79.9. The standard InChI is InChI=1S/C25H29BrClN5O2S/c1-6-32-23(21(14(2)3)29-24(34)18-9-7-8-10-19(18)27)30-31-25(32)35-13-20(33)28-22-15(4)11-17(26)12-16(22)5/h7-12,14,21H,6,13H2,1-5H3,(H,28,33)(H,29,34)/t21-/m1/s1. The van der Waals surface area contributed by atoms with Crippen molar-refractivity contribution in [2.45, 2.75) is 52.4 Å². The first-order valence-electron chi connectivity index (χ1n) is 11.3. The third kappa shape index (κ3) is 6.65. The molecule has 0 saturated heterocycles. The van der Waals surface area contributed by atoms with Crippen molar-refractivity contribution < 1.29 is 9.59 Å². The van der Waals surface area contributed by atoms with Crippen LogP contribution in [0.25, 0.3) is 0 Å². The van der Waals surface area contributed by atoms with Gasteiger partial charge in [0, 0.05) is 16.7 Å². The average molecular weight is 579 g/mol. The lowest BCUT2D eigenvalue weighted by atomic mass is 10.0. The van der Waals surface area contributed by atoms with Gasteiger partial charge in [0.25, 0.3) is 5.91 Å². The van der Waals surface area contributed by atoms with Crippen LogP contribution in [0, 0.1) is 19.8 Å². The molecule has 0 aliphatic rings. The lowest BCUT2D eigenvalue weighted by Gasteiger charge is -2.22. The van der Waals surface area contributed by atoms with E-state index < -0.39 is 0 Å². The summed E-state index contributed by atoms with van der Waals surface area (Å²) in [7, 11) is 0. The summed E-state index contributed by atoms with van der Waals surface area (Å²) in [4.78, 5) is 25.6. The predicted octanol–water partition coefficient (Wildman–Crippen LogP) is 6.19. The largest absolute Gasteiger partial charge is 0.342 e. The highest BCUT2D eigenvalue weighted by molar-refractivity contribution is 9.10. The maximum absolute atomic E-state index is 12.9. The van der Waals surface area contributed by atoms with Gasteiger partial charge in [-0.3, -0.25) is 9.59 Å². The maximum Gasteiger partial charge on any atom is 0.253 e. The molecule has 0 aliphatic heterocycles. The fraction of sp³-hybridized carbons (Fsp3) is 0.360. The summed E-state index contributed by atoms with van der Waals surface area (Å²) in [6, 6.07) is 10.5. The number of carbonyl (C=O) groups is 2. The van der Waals surface area contributed by atoms with E-state index in [2.05, 4.69) is 36.8 Å². The van der Waals surface area contributed by atoms with Gasteiger partial charge in [-0.15, -0.1) is 10.2 Å². The number of hydrogen-bond acceptors (Lipinski definition) is 5. The summed E-state index contributed by atoms with van der Waals surface area (Å²) in [5, 5.41) is 15.8. The van der Waals surface area contributed by atoms with Crippen molar-refractivity contribution in [3.05, 3.63) is 68.4 Å². The molecular weight excluding hydrogens is 550 g/mol. The van der Waals surface area contributed by atoms with Gasteiger partial charge in [-0.2, -0.15) is 0 Å². The topological polar surface area (TPSA) is 88.9 Å². The molecule has 2 amide bonds. The molecule has 0 spiro atoms. The monoisotopic (exact) mass is 577 g/mol. The first-order chi connectivity index (χ1) is 16.6. The molecule has 0 fully saturated rings. The highest BCUT2D eigenvalue weighted by Crippen LogP contribution is 2.28. The third-order valence-corrected chi connectivity index (χ3v) is 7.26. The molecule has 1 atom stereocenters. The van der Waals surface area contributed by atoms with Crippen molar-refractivity contribution in [1.82, 2.24) is 20.1 Å². The van der Waals surface area contributed by atoms with E-state index in [4.69, 9.17) is 11.6 Å². The average Bonchev–Trinajstić information content (AvgIpc) is 3.20. The van der Waals surface area contributed by atoms with Crippen LogP contribution < -0.4 is 10.6 Å². The molecular formula is C25H29BrClN5O2S. The Labute approximate surface area is 223 Å². The fourth-order valence-corrected chi connectivity index (χ4v) is 5.46. The molecule has 7 nitrogen and oxygen atoms in total. The highest BCUT2D eigenvalue weighted by Gasteiger charge is 2.27. The number of hydrogen-bond donors (Lipinski definition) is 2. The Hall–Kier alpha value is -2.36. The van der Waals surface area contributed by atoms with Crippen LogP contribution in [0.15, 0.2) is 46.0 Å². The normalized spacial score (nSPS) is 12.0. The van der Waals surface area contributed by atoms with E-state index >= 15 is 0 Å². The summed E-state index contributed by atoms with van der Waals surface area (Å²) < 4.78 is 2.91. The summed E-state index contributed by atoms with van der Waals surface area (Å²) >= 11 is 11.0. The maximum atomic E-state index is 12.9. The number of thioether (sulfide) groups is 1. The molecule has 2 N–H and O–H groups in total. The first kappa shape index (κ1) is 27.2. The van der Waals surface area contributed by atoms with Gasteiger partial charge in [-0.25, -0.2) is 0 Å². The number of benzene rings is 2. The molecule has 2 aromatic carbocycles. The number of nitrogens with one attached hydrogen (secondary N) is 2. The van der Waals surface area contributed by atoms with Crippen LogP contribution in [0.5, 0.6) is 0 Å². The quantitative estimate of drug-likeness (QED) is 0.296.